The number of carbonyl (C=O) groups excluding carboxylic acids is 1. The summed E-state index contributed by atoms with van der Waals surface area (Å²) >= 11 is 0. The molecule has 8 heteroatoms. The number of rotatable bonds is 3. The standard InChI is InChI=1S/C12H10F4N2O2/c1-2-10(19)18-6-11(13,7-18)4-3-8-5-9(20-17-8)12(14,15)16/h2-5H,1,6-7H2/b4-3+. The second-order valence-corrected chi connectivity index (χ2v) is 4.38. The number of carbonyl (C=O) groups is 1. The van der Waals surface area contributed by atoms with Crippen LogP contribution in [0.25, 0.3) is 6.08 Å². The van der Waals surface area contributed by atoms with Gasteiger partial charge in [-0.3, -0.25) is 4.79 Å². The molecule has 0 aliphatic carbocycles. The van der Waals surface area contributed by atoms with Crippen LogP contribution in [0.4, 0.5) is 17.6 Å². The summed E-state index contributed by atoms with van der Waals surface area (Å²) in [6, 6.07) is 0.672. The Balaban J connectivity index is 1.99. The third-order valence-electron chi connectivity index (χ3n) is 2.75. The van der Waals surface area contributed by atoms with Crippen LogP contribution < -0.4 is 0 Å². The maximum Gasteiger partial charge on any atom is 0.452 e. The third-order valence-corrected chi connectivity index (χ3v) is 2.75. The SMILES string of the molecule is C=CC(=O)N1CC(F)(/C=C/c2cc(C(F)(F)F)on2)C1. The quantitative estimate of drug-likeness (QED) is 0.634. The first-order valence-electron chi connectivity index (χ1n) is 5.57. The molecule has 20 heavy (non-hydrogen) atoms. The monoisotopic (exact) mass is 290 g/mol. The van der Waals surface area contributed by atoms with Gasteiger partial charge in [-0.2, -0.15) is 13.2 Å². The topological polar surface area (TPSA) is 46.3 Å². The lowest BCUT2D eigenvalue weighted by Gasteiger charge is -2.42. The van der Waals surface area contributed by atoms with Crippen molar-refractivity contribution in [2.24, 2.45) is 0 Å². The van der Waals surface area contributed by atoms with E-state index in [9.17, 15) is 22.4 Å². The van der Waals surface area contributed by atoms with Crippen molar-refractivity contribution in [1.29, 1.82) is 0 Å². The van der Waals surface area contributed by atoms with E-state index in [1.807, 2.05) is 0 Å². The average molecular weight is 290 g/mol. The fourth-order valence-electron chi connectivity index (χ4n) is 1.71. The molecule has 0 bridgehead atoms. The van der Waals surface area contributed by atoms with E-state index < -0.39 is 23.5 Å². The van der Waals surface area contributed by atoms with Crippen LogP contribution in [0.2, 0.25) is 0 Å². The predicted molar refractivity (Wildman–Crippen MR) is 61.2 cm³/mol. The molecule has 1 aromatic heterocycles. The average Bonchev–Trinajstić information content (AvgIpc) is 2.80. The molecule has 0 radical (unpaired) electrons. The Bertz CT molecular complexity index is 556. The van der Waals surface area contributed by atoms with E-state index in [2.05, 4.69) is 16.3 Å². The summed E-state index contributed by atoms with van der Waals surface area (Å²) in [6.07, 6.45) is -1.40. The van der Waals surface area contributed by atoms with E-state index in [0.717, 1.165) is 18.2 Å². The van der Waals surface area contributed by atoms with E-state index >= 15 is 0 Å². The lowest BCUT2D eigenvalue weighted by molar-refractivity contribution is -0.155. The second-order valence-electron chi connectivity index (χ2n) is 4.38. The molecule has 0 atom stereocenters. The molecule has 1 saturated heterocycles. The molecule has 1 aliphatic rings. The summed E-state index contributed by atoms with van der Waals surface area (Å²) in [5.74, 6) is -1.64. The smallest absolute Gasteiger partial charge is 0.351 e. The first-order chi connectivity index (χ1) is 9.23. The van der Waals surface area contributed by atoms with Crippen LogP contribution in [-0.2, 0) is 11.0 Å². The zero-order valence-electron chi connectivity index (χ0n) is 10.2. The van der Waals surface area contributed by atoms with Gasteiger partial charge < -0.3 is 9.42 Å². The van der Waals surface area contributed by atoms with Crippen LogP contribution in [0.5, 0.6) is 0 Å². The molecular formula is C12H10F4N2O2. The minimum Gasteiger partial charge on any atom is -0.351 e. The van der Waals surface area contributed by atoms with Gasteiger partial charge in [0.1, 0.15) is 5.69 Å². The Hall–Kier alpha value is -2.12. The fourth-order valence-corrected chi connectivity index (χ4v) is 1.71. The largest absolute Gasteiger partial charge is 0.452 e. The number of halogens is 4. The Labute approximate surface area is 111 Å². The van der Waals surface area contributed by atoms with E-state index in [0.29, 0.717) is 6.07 Å². The van der Waals surface area contributed by atoms with Gasteiger partial charge in [0, 0.05) is 6.07 Å². The molecule has 0 N–H and O–H groups in total. The maximum atomic E-state index is 14.0. The second kappa shape index (κ2) is 4.77. The molecule has 2 rings (SSSR count). The zero-order valence-corrected chi connectivity index (χ0v) is 10.2. The Kier molecular flexibility index (Phi) is 3.41. The summed E-state index contributed by atoms with van der Waals surface area (Å²) in [4.78, 5) is 12.4. The molecule has 1 aromatic rings. The molecule has 1 fully saturated rings. The molecule has 4 nitrogen and oxygen atoms in total. The summed E-state index contributed by atoms with van der Waals surface area (Å²) in [7, 11) is 0. The van der Waals surface area contributed by atoms with Crippen LogP contribution in [0.15, 0.2) is 29.3 Å². The zero-order chi connectivity index (χ0) is 15.0. The molecular weight excluding hydrogens is 280 g/mol. The summed E-state index contributed by atoms with van der Waals surface area (Å²) < 4.78 is 54.8. The van der Waals surface area contributed by atoms with Crippen LogP contribution in [0.3, 0.4) is 0 Å². The van der Waals surface area contributed by atoms with Crippen molar-refractivity contribution in [3.05, 3.63) is 36.3 Å². The molecule has 0 saturated carbocycles. The lowest BCUT2D eigenvalue weighted by atomic mass is 9.95. The van der Waals surface area contributed by atoms with Gasteiger partial charge in [-0.15, -0.1) is 0 Å². The molecule has 0 spiro atoms. The predicted octanol–water partition coefficient (Wildman–Crippen LogP) is 2.44. The molecule has 2 heterocycles. The first kappa shape index (κ1) is 14.3. The summed E-state index contributed by atoms with van der Waals surface area (Å²) in [5, 5.41) is 3.17. The molecule has 108 valence electrons. The van der Waals surface area contributed by atoms with Crippen LogP contribution in [0.1, 0.15) is 11.5 Å². The highest BCUT2D eigenvalue weighted by Crippen LogP contribution is 2.31. The van der Waals surface area contributed by atoms with Crippen molar-refractivity contribution >= 4 is 12.0 Å². The minimum absolute atomic E-state index is 0.136. The third kappa shape index (κ3) is 2.89. The number of hydrogen-bond donors (Lipinski definition) is 0. The highest BCUT2D eigenvalue weighted by atomic mass is 19.4. The molecule has 0 aromatic carbocycles. The van der Waals surface area contributed by atoms with Crippen molar-refractivity contribution in [1.82, 2.24) is 10.1 Å². The number of alkyl halides is 4. The van der Waals surface area contributed by atoms with Gasteiger partial charge in [-0.1, -0.05) is 11.7 Å². The number of amides is 1. The van der Waals surface area contributed by atoms with E-state index in [1.54, 1.807) is 0 Å². The van der Waals surface area contributed by atoms with Gasteiger partial charge in [0.25, 0.3) is 0 Å². The van der Waals surface area contributed by atoms with Crippen molar-refractivity contribution < 1.29 is 26.9 Å². The molecule has 1 amide bonds. The highest BCUT2D eigenvalue weighted by Gasteiger charge is 2.43. The van der Waals surface area contributed by atoms with Gasteiger partial charge in [-0.05, 0) is 18.2 Å². The van der Waals surface area contributed by atoms with Gasteiger partial charge >= 0.3 is 6.18 Å². The maximum absolute atomic E-state index is 14.0. The van der Waals surface area contributed by atoms with Gasteiger partial charge in [0.05, 0.1) is 13.1 Å². The minimum atomic E-state index is -4.63. The molecule has 0 unspecified atom stereocenters. The van der Waals surface area contributed by atoms with Crippen molar-refractivity contribution in [2.45, 2.75) is 11.8 Å². The summed E-state index contributed by atoms with van der Waals surface area (Å²) in [6.45, 7) is 2.93. The normalized spacial score (nSPS) is 18.1. The fraction of sp³-hybridized carbons (Fsp3) is 0.333. The van der Waals surface area contributed by atoms with Gasteiger partial charge in [0.2, 0.25) is 11.7 Å². The van der Waals surface area contributed by atoms with Crippen LogP contribution >= 0.6 is 0 Å². The highest BCUT2D eigenvalue weighted by molar-refractivity contribution is 5.88. The number of likely N-dealkylation sites (tertiary alicyclic amines) is 1. The Morgan fingerprint density at radius 1 is 1.50 bits per heavy atom. The van der Waals surface area contributed by atoms with E-state index in [1.165, 1.54) is 4.90 Å². The number of aromatic nitrogens is 1. The Morgan fingerprint density at radius 3 is 2.65 bits per heavy atom. The number of hydrogen-bond acceptors (Lipinski definition) is 3. The van der Waals surface area contributed by atoms with Crippen molar-refractivity contribution in [2.75, 3.05) is 13.1 Å². The van der Waals surface area contributed by atoms with Crippen LogP contribution in [0, 0.1) is 0 Å². The van der Waals surface area contributed by atoms with E-state index in [-0.39, 0.29) is 18.8 Å². The van der Waals surface area contributed by atoms with Crippen molar-refractivity contribution in [3.63, 3.8) is 0 Å². The number of nitrogens with zero attached hydrogens (tertiary/aromatic N) is 2. The van der Waals surface area contributed by atoms with Crippen LogP contribution in [-0.4, -0.2) is 34.7 Å². The van der Waals surface area contributed by atoms with Gasteiger partial charge in [0.15, 0.2) is 5.67 Å². The Morgan fingerprint density at radius 2 is 2.15 bits per heavy atom. The first-order valence-corrected chi connectivity index (χ1v) is 5.57. The summed E-state index contributed by atoms with van der Waals surface area (Å²) in [5.41, 5.74) is -1.90. The van der Waals surface area contributed by atoms with E-state index in [4.69, 9.17) is 0 Å². The lowest BCUT2D eigenvalue weighted by Crippen LogP contribution is -2.59. The molecule has 1 aliphatic heterocycles. The van der Waals surface area contributed by atoms with Crippen molar-refractivity contribution in [3.8, 4) is 0 Å². The van der Waals surface area contributed by atoms with Gasteiger partial charge in [-0.25, -0.2) is 4.39 Å².